The molecule has 0 saturated carbocycles. The van der Waals surface area contributed by atoms with Crippen LogP contribution in [0.4, 0.5) is 5.82 Å². The van der Waals surface area contributed by atoms with Gasteiger partial charge in [-0.05, 0) is 48.0 Å². The number of nitrogens with one attached hydrogen (secondary N) is 1. The van der Waals surface area contributed by atoms with Crippen molar-refractivity contribution in [2.45, 2.75) is 6.61 Å². The molecule has 37 heavy (non-hydrogen) atoms. The highest BCUT2D eigenvalue weighted by Crippen LogP contribution is 2.29. The number of benzene rings is 2. The van der Waals surface area contributed by atoms with E-state index in [0.29, 0.717) is 5.56 Å². The van der Waals surface area contributed by atoms with Crippen LogP contribution in [-0.4, -0.2) is 51.7 Å². The molecule has 1 aliphatic rings. The summed E-state index contributed by atoms with van der Waals surface area (Å²) in [7, 11) is 0. The number of carbonyl (C=O) groups excluding carboxylic acids is 1. The second-order valence-electron chi connectivity index (χ2n) is 8.89. The van der Waals surface area contributed by atoms with Crippen molar-refractivity contribution < 1.29 is 9.53 Å². The van der Waals surface area contributed by atoms with Crippen molar-refractivity contribution >= 4 is 22.8 Å². The predicted octanol–water partition coefficient (Wildman–Crippen LogP) is 4.25. The van der Waals surface area contributed by atoms with Crippen LogP contribution in [0.5, 0.6) is 0 Å². The van der Waals surface area contributed by atoms with E-state index >= 15 is 0 Å². The molecule has 0 atom stereocenters. The van der Waals surface area contributed by atoms with Gasteiger partial charge in [-0.15, -0.1) is 0 Å². The number of imidazole rings is 1. The summed E-state index contributed by atoms with van der Waals surface area (Å²) < 4.78 is 7.53. The molecule has 3 aromatic heterocycles. The Hall–Kier alpha value is -4.56. The van der Waals surface area contributed by atoms with E-state index in [4.69, 9.17) is 14.7 Å². The third-order valence-corrected chi connectivity index (χ3v) is 6.48. The molecule has 0 aliphatic carbocycles. The summed E-state index contributed by atoms with van der Waals surface area (Å²) in [6.07, 6.45) is 5.41. The number of hydrogen-bond acceptors (Lipinski definition) is 7. The summed E-state index contributed by atoms with van der Waals surface area (Å²) in [6.45, 7) is 4.04. The number of nitrogens with zero attached hydrogens (tertiary/aromatic N) is 5. The van der Waals surface area contributed by atoms with Gasteiger partial charge in [-0.1, -0.05) is 30.3 Å². The number of pyridine rings is 2. The Bertz CT molecular complexity index is 1510. The van der Waals surface area contributed by atoms with Crippen LogP contribution in [0.1, 0.15) is 15.9 Å². The first kappa shape index (κ1) is 22.9. The Balaban J connectivity index is 1.29. The molecule has 8 nitrogen and oxygen atoms in total. The number of esters is 1. The fourth-order valence-corrected chi connectivity index (χ4v) is 4.53. The maximum atomic E-state index is 12.6. The van der Waals surface area contributed by atoms with Crippen molar-refractivity contribution in [3.05, 3.63) is 103 Å². The number of carbonyl (C=O) groups is 1. The van der Waals surface area contributed by atoms with Gasteiger partial charge in [0.05, 0.1) is 22.8 Å². The van der Waals surface area contributed by atoms with E-state index in [0.717, 1.165) is 65.7 Å². The molecule has 1 saturated heterocycles. The van der Waals surface area contributed by atoms with E-state index in [9.17, 15) is 4.79 Å². The Morgan fingerprint density at radius 2 is 1.73 bits per heavy atom. The van der Waals surface area contributed by atoms with Crippen LogP contribution in [0.25, 0.3) is 28.1 Å². The van der Waals surface area contributed by atoms with Crippen molar-refractivity contribution in [3.8, 4) is 17.1 Å². The standard InChI is InChI=1S/C29H26N6O2/c36-29(37-20-21-4-2-1-3-5-21)22-6-9-24(10-7-22)35-26-19-31-13-12-25(26)33-28(35)23-8-11-27(32-18-23)34-16-14-30-15-17-34/h1-13,18-19,30H,14-17,20H2. The van der Waals surface area contributed by atoms with E-state index in [1.807, 2.05) is 59.3 Å². The molecule has 1 aliphatic heterocycles. The molecule has 1 fully saturated rings. The summed E-state index contributed by atoms with van der Waals surface area (Å²) in [5.74, 6) is 1.37. The van der Waals surface area contributed by atoms with Crippen LogP contribution < -0.4 is 10.2 Å². The lowest BCUT2D eigenvalue weighted by Gasteiger charge is -2.28. The average Bonchev–Trinajstić information content (AvgIpc) is 3.37. The van der Waals surface area contributed by atoms with E-state index < -0.39 is 0 Å². The SMILES string of the molecule is O=C(OCc1ccccc1)c1ccc(-n2c(-c3ccc(N4CCNCC4)nc3)nc3ccncc32)cc1. The molecule has 5 aromatic rings. The molecule has 0 unspecified atom stereocenters. The van der Waals surface area contributed by atoms with Crippen molar-refractivity contribution in [1.29, 1.82) is 0 Å². The minimum Gasteiger partial charge on any atom is -0.457 e. The van der Waals surface area contributed by atoms with Crippen LogP contribution in [0, 0.1) is 0 Å². The summed E-state index contributed by atoms with van der Waals surface area (Å²) >= 11 is 0. The first-order chi connectivity index (χ1) is 18.3. The largest absolute Gasteiger partial charge is 0.457 e. The molecule has 0 spiro atoms. The number of piperazine rings is 1. The Labute approximate surface area is 214 Å². The zero-order valence-corrected chi connectivity index (χ0v) is 20.2. The second-order valence-corrected chi connectivity index (χ2v) is 8.89. The van der Waals surface area contributed by atoms with Crippen molar-refractivity contribution in [1.82, 2.24) is 24.8 Å². The quantitative estimate of drug-likeness (QED) is 0.356. The number of fused-ring (bicyclic) bond motifs is 1. The minimum atomic E-state index is -0.361. The zero-order valence-electron chi connectivity index (χ0n) is 20.2. The number of anilines is 1. The van der Waals surface area contributed by atoms with Gasteiger partial charge in [-0.25, -0.2) is 14.8 Å². The Kier molecular flexibility index (Phi) is 6.31. The topological polar surface area (TPSA) is 85.2 Å². The summed E-state index contributed by atoms with van der Waals surface area (Å²) in [5.41, 5.74) is 4.93. The first-order valence-electron chi connectivity index (χ1n) is 12.3. The fraction of sp³-hybridized carbons (Fsp3) is 0.172. The Morgan fingerprint density at radius 3 is 2.49 bits per heavy atom. The first-order valence-corrected chi connectivity index (χ1v) is 12.3. The van der Waals surface area contributed by atoms with Gasteiger partial charge in [0.1, 0.15) is 18.2 Å². The van der Waals surface area contributed by atoms with Crippen molar-refractivity contribution in [3.63, 3.8) is 0 Å². The molecule has 1 N–H and O–H groups in total. The maximum Gasteiger partial charge on any atom is 0.338 e. The van der Waals surface area contributed by atoms with Gasteiger partial charge >= 0.3 is 5.97 Å². The number of rotatable bonds is 6. The van der Waals surface area contributed by atoms with Crippen LogP contribution in [-0.2, 0) is 11.3 Å². The van der Waals surface area contributed by atoms with E-state index in [1.54, 1.807) is 24.5 Å². The fourth-order valence-electron chi connectivity index (χ4n) is 4.53. The van der Waals surface area contributed by atoms with E-state index in [-0.39, 0.29) is 12.6 Å². The highest BCUT2D eigenvalue weighted by molar-refractivity contribution is 5.90. The van der Waals surface area contributed by atoms with Gasteiger partial charge in [0.15, 0.2) is 0 Å². The van der Waals surface area contributed by atoms with E-state index in [2.05, 4.69) is 27.3 Å². The molecule has 0 amide bonds. The molecule has 184 valence electrons. The summed E-state index contributed by atoms with van der Waals surface area (Å²) in [4.78, 5) is 28.8. The van der Waals surface area contributed by atoms with Crippen LogP contribution in [0.3, 0.4) is 0 Å². The second kappa shape index (κ2) is 10.2. The lowest BCUT2D eigenvalue weighted by Crippen LogP contribution is -2.43. The summed E-state index contributed by atoms with van der Waals surface area (Å²) in [5, 5.41) is 3.37. The van der Waals surface area contributed by atoms with Gasteiger partial charge < -0.3 is 15.0 Å². The zero-order chi connectivity index (χ0) is 25.0. The highest BCUT2D eigenvalue weighted by Gasteiger charge is 2.17. The Morgan fingerprint density at radius 1 is 0.919 bits per heavy atom. The molecule has 0 bridgehead atoms. The van der Waals surface area contributed by atoms with Gasteiger partial charge in [0.25, 0.3) is 0 Å². The van der Waals surface area contributed by atoms with Gasteiger partial charge in [-0.2, -0.15) is 0 Å². The summed E-state index contributed by atoms with van der Waals surface area (Å²) in [6, 6.07) is 23.0. The molecule has 2 aromatic carbocycles. The van der Waals surface area contributed by atoms with Gasteiger partial charge in [0, 0.05) is 49.8 Å². The molecule has 8 heteroatoms. The van der Waals surface area contributed by atoms with E-state index in [1.165, 1.54) is 0 Å². The molecule has 6 rings (SSSR count). The van der Waals surface area contributed by atoms with Gasteiger partial charge in [-0.3, -0.25) is 9.55 Å². The molecule has 4 heterocycles. The molecule has 0 radical (unpaired) electrons. The van der Waals surface area contributed by atoms with Crippen LogP contribution in [0.2, 0.25) is 0 Å². The van der Waals surface area contributed by atoms with Crippen molar-refractivity contribution in [2.75, 3.05) is 31.1 Å². The molecular weight excluding hydrogens is 464 g/mol. The third kappa shape index (κ3) is 4.79. The lowest BCUT2D eigenvalue weighted by atomic mass is 10.2. The third-order valence-electron chi connectivity index (χ3n) is 6.48. The van der Waals surface area contributed by atoms with Gasteiger partial charge in [0.2, 0.25) is 0 Å². The smallest absolute Gasteiger partial charge is 0.338 e. The highest BCUT2D eigenvalue weighted by atomic mass is 16.5. The maximum absolute atomic E-state index is 12.6. The molecular formula is C29H26N6O2. The van der Waals surface area contributed by atoms with Crippen LogP contribution in [0.15, 0.2) is 91.4 Å². The number of ether oxygens (including phenoxy) is 1. The van der Waals surface area contributed by atoms with Crippen molar-refractivity contribution in [2.24, 2.45) is 0 Å². The minimum absolute atomic E-state index is 0.236. The monoisotopic (exact) mass is 490 g/mol. The average molecular weight is 491 g/mol. The van der Waals surface area contributed by atoms with Crippen LogP contribution >= 0.6 is 0 Å². The number of hydrogen-bond donors (Lipinski definition) is 1. The lowest BCUT2D eigenvalue weighted by molar-refractivity contribution is 0.0472. The predicted molar refractivity (Wildman–Crippen MR) is 143 cm³/mol. The normalized spacial score (nSPS) is 13.6. The number of aromatic nitrogens is 4.